The summed E-state index contributed by atoms with van der Waals surface area (Å²) in [4.78, 5) is 0. The molecule has 0 atom stereocenters. The van der Waals surface area contributed by atoms with Crippen LogP contribution >= 0.6 is 11.6 Å². The molecule has 0 unspecified atom stereocenters. The molecule has 0 aromatic heterocycles. The maximum absolute atomic E-state index is 12.1. The van der Waals surface area contributed by atoms with Gasteiger partial charge in [-0.15, -0.1) is 0 Å². The number of nitrogens with one attached hydrogen (secondary N) is 1. The fraction of sp³-hybridized carbons (Fsp3) is 0.571. The molecule has 0 aliphatic heterocycles. The molecule has 19 heavy (non-hydrogen) atoms. The minimum Gasteiger partial charge on any atom is -0.493 e. The Morgan fingerprint density at radius 1 is 1.37 bits per heavy atom. The summed E-state index contributed by atoms with van der Waals surface area (Å²) >= 11 is 6.18. The predicted molar refractivity (Wildman–Crippen MR) is 76.1 cm³/mol. The second-order valence-corrected chi connectivity index (χ2v) is 4.94. The van der Waals surface area contributed by atoms with Crippen LogP contribution in [0.15, 0.2) is 12.1 Å². The van der Waals surface area contributed by atoms with Gasteiger partial charge in [-0.1, -0.05) is 25.4 Å². The fourth-order valence-electron chi connectivity index (χ4n) is 1.57. The molecule has 3 nitrogen and oxygen atoms in total. The van der Waals surface area contributed by atoms with Crippen LogP contribution in [0.5, 0.6) is 11.5 Å². The maximum Gasteiger partial charge on any atom is 0.179 e. The molecule has 0 aliphatic carbocycles. The van der Waals surface area contributed by atoms with Gasteiger partial charge < -0.3 is 14.8 Å². The van der Waals surface area contributed by atoms with Crippen LogP contribution in [-0.4, -0.2) is 26.4 Å². The van der Waals surface area contributed by atoms with Crippen molar-refractivity contribution in [2.75, 3.05) is 20.4 Å². The van der Waals surface area contributed by atoms with E-state index in [0.29, 0.717) is 35.5 Å². The first-order valence-corrected chi connectivity index (χ1v) is 6.74. The van der Waals surface area contributed by atoms with Crippen molar-refractivity contribution >= 4 is 11.6 Å². The molecule has 0 bridgehead atoms. The van der Waals surface area contributed by atoms with E-state index in [0.717, 1.165) is 5.56 Å². The number of methoxy groups -OCH3 is 1. The van der Waals surface area contributed by atoms with Gasteiger partial charge in [-0.2, -0.15) is 0 Å². The molecule has 0 amide bonds. The lowest BCUT2D eigenvalue weighted by Gasteiger charge is -2.15. The van der Waals surface area contributed by atoms with Crippen molar-refractivity contribution in [1.82, 2.24) is 5.32 Å². The zero-order chi connectivity index (χ0) is 14.3. The Hall–Kier alpha value is -1.00. The monoisotopic (exact) mass is 289 g/mol. The van der Waals surface area contributed by atoms with E-state index in [2.05, 4.69) is 19.2 Å². The van der Waals surface area contributed by atoms with Gasteiger partial charge in [-0.05, 0) is 17.7 Å². The summed E-state index contributed by atoms with van der Waals surface area (Å²) < 4.78 is 22.8. The standard InChI is InChI=1S/C14H21ClFNO2/c1-10(2)17-9-11-7-12(15)14(13(8-11)18-3)19-6-4-5-16/h7-8,10,17H,4-6,9H2,1-3H3. The summed E-state index contributed by atoms with van der Waals surface area (Å²) in [6.07, 6.45) is 0.343. The molecule has 0 aliphatic rings. The Labute approximate surface area is 119 Å². The van der Waals surface area contributed by atoms with Crippen LogP contribution in [0.4, 0.5) is 4.39 Å². The van der Waals surface area contributed by atoms with Crippen molar-refractivity contribution in [3.8, 4) is 11.5 Å². The first kappa shape index (κ1) is 16.1. The van der Waals surface area contributed by atoms with Gasteiger partial charge >= 0.3 is 0 Å². The molecule has 5 heteroatoms. The fourth-order valence-corrected chi connectivity index (χ4v) is 1.85. The summed E-state index contributed by atoms with van der Waals surface area (Å²) in [7, 11) is 1.56. The largest absolute Gasteiger partial charge is 0.493 e. The summed E-state index contributed by atoms with van der Waals surface area (Å²) in [5, 5.41) is 3.79. The highest BCUT2D eigenvalue weighted by molar-refractivity contribution is 6.32. The van der Waals surface area contributed by atoms with E-state index in [1.54, 1.807) is 7.11 Å². The van der Waals surface area contributed by atoms with Crippen LogP contribution in [0.1, 0.15) is 25.8 Å². The lowest BCUT2D eigenvalue weighted by Crippen LogP contribution is -2.21. The molecule has 0 spiro atoms. The summed E-state index contributed by atoms with van der Waals surface area (Å²) in [6, 6.07) is 4.11. The average Bonchev–Trinajstić information content (AvgIpc) is 2.38. The van der Waals surface area contributed by atoms with Crippen LogP contribution in [-0.2, 0) is 6.54 Å². The smallest absolute Gasteiger partial charge is 0.179 e. The lowest BCUT2D eigenvalue weighted by molar-refractivity contribution is 0.274. The number of ether oxygens (including phenoxy) is 2. The molecule has 1 aromatic carbocycles. The zero-order valence-corrected chi connectivity index (χ0v) is 12.4. The van der Waals surface area contributed by atoms with Crippen LogP contribution in [0.2, 0.25) is 5.02 Å². The van der Waals surface area contributed by atoms with E-state index in [9.17, 15) is 4.39 Å². The predicted octanol–water partition coefficient (Wildman–Crippen LogP) is 3.59. The number of benzene rings is 1. The quantitative estimate of drug-likeness (QED) is 0.742. The number of rotatable bonds is 8. The topological polar surface area (TPSA) is 30.5 Å². The van der Waals surface area contributed by atoms with E-state index >= 15 is 0 Å². The average molecular weight is 290 g/mol. The number of hydrogen-bond donors (Lipinski definition) is 1. The van der Waals surface area contributed by atoms with E-state index < -0.39 is 6.67 Å². The first-order chi connectivity index (χ1) is 9.08. The van der Waals surface area contributed by atoms with Gasteiger partial charge in [0.2, 0.25) is 0 Å². The molecular weight excluding hydrogens is 269 g/mol. The van der Waals surface area contributed by atoms with E-state index in [-0.39, 0.29) is 6.61 Å². The van der Waals surface area contributed by atoms with Crippen molar-refractivity contribution in [3.63, 3.8) is 0 Å². The van der Waals surface area contributed by atoms with Crippen molar-refractivity contribution in [1.29, 1.82) is 0 Å². The minimum atomic E-state index is -0.406. The molecule has 0 radical (unpaired) electrons. The Kier molecular flexibility index (Phi) is 6.95. The van der Waals surface area contributed by atoms with Gasteiger partial charge in [-0.3, -0.25) is 4.39 Å². The highest BCUT2D eigenvalue weighted by atomic mass is 35.5. The third-order valence-electron chi connectivity index (χ3n) is 2.53. The van der Waals surface area contributed by atoms with Crippen LogP contribution in [0, 0.1) is 0 Å². The van der Waals surface area contributed by atoms with E-state index in [1.165, 1.54) is 0 Å². The Morgan fingerprint density at radius 2 is 2.11 bits per heavy atom. The molecule has 0 saturated carbocycles. The number of hydrogen-bond acceptors (Lipinski definition) is 3. The van der Waals surface area contributed by atoms with E-state index in [4.69, 9.17) is 21.1 Å². The normalized spacial score (nSPS) is 10.8. The van der Waals surface area contributed by atoms with Gasteiger partial charge in [0.25, 0.3) is 0 Å². The summed E-state index contributed by atoms with van der Waals surface area (Å²) in [6.45, 7) is 4.74. The molecule has 108 valence electrons. The molecule has 1 rings (SSSR count). The Bertz CT molecular complexity index is 399. The Balaban J connectivity index is 2.81. The number of alkyl halides is 1. The van der Waals surface area contributed by atoms with Crippen molar-refractivity contribution in [2.24, 2.45) is 0 Å². The van der Waals surface area contributed by atoms with Crippen LogP contribution in [0.25, 0.3) is 0 Å². The molecule has 0 saturated heterocycles. The third-order valence-corrected chi connectivity index (χ3v) is 2.81. The van der Waals surface area contributed by atoms with Gasteiger partial charge in [0.05, 0.1) is 25.4 Å². The molecule has 1 aromatic rings. The van der Waals surface area contributed by atoms with Crippen molar-refractivity contribution < 1.29 is 13.9 Å². The van der Waals surface area contributed by atoms with E-state index in [1.807, 2.05) is 12.1 Å². The zero-order valence-electron chi connectivity index (χ0n) is 11.6. The lowest BCUT2D eigenvalue weighted by atomic mass is 10.2. The second-order valence-electron chi connectivity index (χ2n) is 4.54. The van der Waals surface area contributed by atoms with Crippen LogP contribution < -0.4 is 14.8 Å². The number of halogens is 2. The van der Waals surface area contributed by atoms with Gasteiger partial charge in [0.15, 0.2) is 11.5 Å². The van der Waals surface area contributed by atoms with Gasteiger partial charge in [0.1, 0.15) is 0 Å². The first-order valence-electron chi connectivity index (χ1n) is 6.37. The van der Waals surface area contributed by atoms with Gasteiger partial charge in [-0.25, -0.2) is 0 Å². The minimum absolute atomic E-state index is 0.288. The highest BCUT2D eigenvalue weighted by Crippen LogP contribution is 2.36. The van der Waals surface area contributed by atoms with Crippen molar-refractivity contribution in [3.05, 3.63) is 22.7 Å². The third kappa shape index (κ3) is 5.25. The highest BCUT2D eigenvalue weighted by Gasteiger charge is 2.12. The Morgan fingerprint density at radius 3 is 2.68 bits per heavy atom. The van der Waals surface area contributed by atoms with Crippen molar-refractivity contribution in [2.45, 2.75) is 32.9 Å². The van der Waals surface area contributed by atoms with Crippen LogP contribution in [0.3, 0.4) is 0 Å². The molecule has 0 heterocycles. The SMILES string of the molecule is COc1cc(CNC(C)C)cc(Cl)c1OCCCF. The molecule has 1 N–H and O–H groups in total. The molecular formula is C14H21ClFNO2. The van der Waals surface area contributed by atoms with Gasteiger partial charge in [0, 0.05) is 19.0 Å². The summed E-state index contributed by atoms with van der Waals surface area (Å²) in [5.74, 6) is 1.05. The second kappa shape index (κ2) is 8.23. The summed E-state index contributed by atoms with van der Waals surface area (Å²) in [5.41, 5.74) is 1.02. The molecule has 0 fully saturated rings. The maximum atomic E-state index is 12.1.